The number of hydrogen-bond donors (Lipinski definition) is 3. The SMILES string of the molecule is Cc1cc(Oc2ccccc2)ccc1N1C(=O)Nc2c(C(=O)NC3CCN(C(=O)/C=C/CO)C3)sc3nccc1c23. The van der Waals surface area contributed by atoms with Crippen LogP contribution in [0.1, 0.15) is 21.7 Å². The van der Waals surface area contributed by atoms with Crippen LogP contribution in [-0.2, 0) is 4.79 Å². The van der Waals surface area contributed by atoms with Gasteiger partial charge in [-0.05, 0) is 55.3 Å². The van der Waals surface area contributed by atoms with Gasteiger partial charge in [0.25, 0.3) is 5.91 Å². The van der Waals surface area contributed by atoms with Gasteiger partial charge in [0.1, 0.15) is 21.2 Å². The number of urea groups is 1. The maximum absolute atomic E-state index is 13.5. The molecule has 4 amide bonds. The third-order valence-electron chi connectivity index (χ3n) is 7.04. The minimum Gasteiger partial charge on any atom is -0.457 e. The quantitative estimate of drug-likeness (QED) is 0.270. The minimum atomic E-state index is -0.384. The highest BCUT2D eigenvalue weighted by Gasteiger charge is 2.34. The molecule has 0 aliphatic carbocycles. The molecule has 208 valence electrons. The Labute approximate surface area is 239 Å². The second-order valence-electron chi connectivity index (χ2n) is 9.77. The monoisotopic (exact) mass is 569 g/mol. The number of rotatable bonds is 7. The zero-order valence-electron chi connectivity index (χ0n) is 22.2. The summed E-state index contributed by atoms with van der Waals surface area (Å²) >= 11 is 1.22. The summed E-state index contributed by atoms with van der Waals surface area (Å²) in [5.74, 6) is 0.840. The van der Waals surface area contributed by atoms with Crippen LogP contribution in [0.3, 0.4) is 0 Å². The van der Waals surface area contributed by atoms with E-state index in [9.17, 15) is 14.4 Å². The molecule has 4 heterocycles. The summed E-state index contributed by atoms with van der Waals surface area (Å²) in [6.07, 6.45) is 4.97. The van der Waals surface area contributed by atoms with E-state index in [1.165, 1.54) is 23.5 Å². The summed E-state index contributed by atoms with van der Waals surface area (Å²) in [6, 6.07) is 16.2. The van der Waals surface area contributed by atoms with E-state index in [0.717, 1.165) is 11.3 Å². The van der Waals surface area contributed by atoms with Gasteiger partial charge in [-0.2, -0.15) is 0 Å². The Morgan fingerprint density at radius 3 is 2.78 bits per heavy atom. The Morgan fingerprint density at radius 1 is 1.17 bits per heavy atom. The number of aromatic nitrogens is 1. The number of nitrogens with zero attached hydrogens (tertiary/aromatic N) is 3. The third kappa shape index (κ3) is 5.12. The normalized spacial score (nSPS) is 16.3. The van der Waals surface area contributed by atoms with E-state index in [1.807, 2.05) is 55.5 Å². The van der Waals surface area contributed by atoms with Gasteiger partial charge in [0.15, 0.2) is 0 Å². The van der Waals surface area contributed by atoms with Gasteiger partial charge in [-0.3, -0.25) is 14.5 Å². The van der Waals surface area contributed by atoms with Gasteiger partial charge in [-0.25, -0.2) is 9.78 Å². The number of aliphatic hydroxyl groups excluding tert-OH is 1. The number of hydrogen-bond acceptors (Lipinski definition) is 7. The molecule has 0 radical (unpaired) electrons. The minimum absolute atomic E-state index is 0.205. The first-order valence-corrected chi connectivity index (χ1v) is 14.0. The summed E-state index contributed by atoms with van der Waals surface area (Å²) in [4.78, 5) is 47.8. The number of likely N-dealkylation sites (tertiary alicyclic amines) is 1. The van der Waals surface area contributed by atoms with Crippen molar-refractivity contribution in [1.82, 2.24) is 15.2 Å². The molecular weight excluding hydrogens is 542 g/mol. The highest BCUT2D eigenvalue weighted by Crippen LogP contribution is 2.46. The van der Waals surface area contributed by atoms with E-state index in [0.29, 0.717) is 57.4 Å². The lowest BCUT2D eigenvalue weighted by Gasteiger charge is -2.29. The Kier molecular flexibility index (Phi) is 7.12. The molecule has 10 nitrogen and oxygen atoms in total. The van der Waals surface area contributed by atoms with Crippen LogP contribution in [0.2, 0.25) is 0 Å². The maximum Gasteiger partial charge on any atom is 0.331 e. The Balaban J connectivity index is 1.26. The molecule has 4 aromatic rings. The highest BCUT2D eigenvalue weighted by atomic mass is 32.1. The van der Waals surface area contributed by atoms with Crippen molar-refractivity contribution in [2.45, 2.75) is 19.4 Å². The molecule has 1 atom stereocenters. The number of carbonyl (C=O) groups is 3. The van der Waals surface area contributed by atoms with Crippen LogP contribution in [0.4, 0.5) is 21.9 Å². The van der Waals surface area contributed by atoms with Crippen molar-refractivity contribution in [2.24, 2.45) is 0 Å². The first-order chi connectivity index (χ1) is 19.9. The van der Waals surface area contributed by atoms with Gasteiger partial charge in [-0.15, -0.1) is 11.3 Å². The first kappa shape index (κ1) is 26.5. The number of aryl methyl sites for hydroxylation is 1. The average Bonchev–Trinajstić information content (AvgIpc) is 3.59. The highest BCUT2D eigenvalue weighted by molar-refractivity contribution is 7.21. The van der Waals surface area contributed by atoms with Crippen LogP contribution in [0, 0.1) is 6.92 Å². The smallest absolute Gasteiger partial charge is 0.331 e. The molecule has 3 N–H and O–H groups in total. The molecule has 2 aromatic heterocycles. The zero-order chi connectivity index (χ0) is 28.5. The van der Waals surface area contributed by atoms with Crippen LogP contribution < -0.4 is 20.3 Å². The van der Waals surface area contributed by atoms with Crippen molar-refractivity contribution in [2.75, 3.05) is 29.9 Å². The van der Waals surface area contributed by atoms with Crippen molar-refractivity contribution >= 4 is 56.5 Å². The molecule has 2 aliphatic heterocycles. The van der Waals surface area contributed by atoms with E-state index in [1.54, 1.807) is 22.1 Å². The predicted octanol–water partition coefficient (Wildman–Crippen LogP) is 4.96. The van der Waals surface area contributed by atoms with E-state index in [4.69, 9.17) is 9.84 Å². The van der Waals surface area contributed by atoms with Gasteiger partial charge >= 0.3 is 6.03 Å². The van der Waals surface area contributed by atoms with Gasteiger partial charge < -0.3 is 25.4 Å². The van der Waals surface area contributed by atoms with Crippen molar-refractivity contribution in [1.29, 1.82) is 0 Å². The van der Waals surface area contributed by atoms with Crippen LogP contribution in [0.15, 0.2) is 72.9 Å². The van der Waals surface area contributed by atoms with Gasteiger partial charge in [0.2, 0.25) is 5.91 Å². The molecule has 1 fully saturated rings. The number of ether oxygens (including phenoxy) is 1. The zero-order valence-corrected chi connectivity index (χ0v) is 23.0. The fourth-order valence-electron chi connectivity index (χ4n) is 5.14. The van der Waals surface area contributed by atoms with E-state index >= 15 is 0 Å². The molecule has 2 aliphatic rings. The first-order valence-electron chi connectivity index (χ1n) is 13.2. The van der Waals surface area contributed by atoms with Crippen LogP contribution in [0.25, 0.3) is 10.2 Å². The second-order valence-corrected chi connectivity index (χ2v) is 10.8. The Hall–Kier alpha value is -4.74. The van der Waals surface area contributed by atoms with Crippen LogP contribution in [0.5, 0.6) is 11.5 Å². The number of para-hydroxylation sites is 1. The average molecular weight is 570 g/mol. The number of benzene rings is 2. The van der Waals surface area contributed by atoms with E-state index in [2.05, 4.69) is 15.6 Å². The lowest BCUT2D eigenvalue weighted by molar-refractivity contribution is -0.125. The Morgan fingerprint density at radius 2 is 2.00 bits per heavy atom. The summed E-state index contributed by atoms with van der Waals surface area (Å²) in [7, 11) is 0. The van der Waals surface area contributed by atoms with E-state index < -0.39 is 0 Å². The maximum atomic E-state index is 13.5. The number of nitrogens with one attached hydrogen (secondary N) is 2. The third-order valence-corrected chi connectivity index (χ3v) is 8.14. The Bertz CT molecular complexity index is 1690. The van der Waals surface area contributed by atoms with Gasteiger partial charge in [0, 0.05) is 31.4 Å². The van der Waals surface area contributed by atoms with Gasteiger partial charge in [-0.1, -0.05) is 24.3 Å². The topological polar surface area (TPSA) is 124 Å². The summed E-state index contributed by atoms with van der Waals surface area (Å²) in [5.41, 5.74) is 2.59. The number of amides is 4. The van der Waals surface area contributed by atoms with Crippen molar-refractivity contribution in [3.8, 4) is 11.5 Å². The molecule has 0 bridgehead atoms. The van der Waals surface area contributed by atoms with E-state index in [-0.39, 0.29) is 30.5 Å². The van der Waals surface area contributed by atoms with Crippen molar-refractivity contribution in [3.05, 3.63) is 83.4 Å². The summed E-state index contributed by atoms with van der Waals surface area (Å²) in [6.45, 7) is 2.58. The van der Waals surface area contributed by atoms with Crippen LogP contribution >= 0.6 is 11.3 Å². The predicted molar refractivity (Wildman–Crippen MR) is 157 cm³/mol. The number of anilines is 3. The molecule has 1 unspecified atom stereocenters. The molecule has 6 rings (SSSR count). The molecular formula is C30H27N5O5S. The second kappa shape index (κ2) is 11.0. The summed E-state index contributed by atoms with van der Waals surface area (Å²) in [5, 5.41) is 15.5. The number of thiophene rings is 1. The fourth-order valence-corrected chi connectivity index (χ4v) is 6.16. The van der Waals surface area contributed by atoms with Crippen molar-refractivity contribution < 1.29 is 24.2 Å². The number of pyridine rings is 1. The largest absolute Gasteiger partial charge is 0.457 e. The molecule has 0 spiro atoms. The number of aliphatic hydroxyl groups is 1. The number of carbonyl (C=O) groups excluding carboxylic acids is 3. The lowest BCUT2D eigenvalue weighted by atomic mass is 10.1. The van der Waals surface area contributed by atoms with Crippen molar-refractivity contribution in [3.63, 3.8) is 0 Å². The molecule has 2 aromatic carbocycles. The molecule has 11 heteroatoms. The van der Waals surface area contributed by atoms with Gasteiger partial charge in [0.05, 0.1) is 29.1 Å². The summed E-state index contributed by atoms with van der Waals surface area (Å²) < 4.78 is 5.96. The molecule has 1 saturated heterocycles. The van der Waals surface area contributed by atoms with Crippen LogP contribution in [-0.4, -0.2) is 58.6 Å². The fraction of sp³-hybridized carbons (Fsp3) is 0.200. The standard InChI is InChI=1S/C30H27N5O5S/c1-18-16-21(40-20-6-3-2-4-7-20)9-10-22(18)35-23-11-13-31-29-25(23)26(33-30(35)39)27(41-29)28(38)32-19-12-14-34(17-19)24(37)8-5-15-36/h2-11,13,16,19,36H,12,14-15,17H2,1H3,(H,32,38)(H,33,39)/b8-5+. The molecule has 0 saturated carbocycles. The lowest BCUT2D eigenvalue weighted by Crippen LogP contribution is -2.39. The molecule has 41 heavy (non-hydrogen) atoms.